The fourth-order valence-electron chi connectivity index (χ4n) is 2.10. The van der Waals surface area contributed by atoms with Crippen LogP contribution in [0.5, 0.6) is 5.75 Å². The summed E-state index contributed by atoms with van der Waals surface area (Å²) < 4.78 is 7.47. The number of aliphatic hydroxyl groups excluding tert-OH is 1. The molecule has 0 saturated heterocycles. The van der Waals surface area contributed by atoms with Crippen LogP contribution in [0.2, 0.25) is 5.15 Å². The summed E-state index contributed by atoms with van der Waals surface area (Å²) in [4.78, 5) is 0. The van der Waals surface area contributed by atoms with Gasteiger partial charge in [-0.25, -0.2) is 0 Å². The minimum atomic E-state index is -0.573. The molecule has 0 fully saturated rings. The number of halogens is 1. The molecule has 108 valence electrons. The zero-order valence-corrected chi connectivity index (χ0v) is 12.9. The molecule has 0 bridgehead atoms. The van der Waals surface area contributed by atoms with Crippen molar-refractivity contribution >= 4 is 11.6 Å². The molecule has 2 aromatic rings. The van der Waals surface area contributed by atoms with Crippen LogP contribution in [0, 0.1) is 13.8 Å². The molecule has 0 aliphatic rings. The Morgan fingerprint density at radius 3 is 2.65 bits per heavy atom. The third-order valence-corrected chi connectivity index (χ3v) is 3.73. The number of ether oxygens (including phenoxy) is 1. The van der Waals surface area contributed by atoms with Crippen molar-refractivity contribution in [1.29, 1.82) is 0 Å². The van der Waals surface area contributed by atoms with Crippen molar-refractivity contribution in [2.75, 3.05) is 0 Å². The second-order valence-electron chi connectivity index (χ2n) is 4.98. The van der Waals surface area contributed by atoms with Crippen LogP contribution in [-0.4, -0.2) is 14.9 Å². The monoisotopic (exact) mass is 294 g/mol. The molecule has 0 amide bonds. The molecular weight excluding hydrogens is 276 g/mol. The summed E-state index contributed by atoms with van der Waals surface area (Å²) in [6.45, 7) is 5.94. The van der Waals surface area contributed by atoms with E-state index in [0.717, 1.165) is 22.4 Å². The average Bonchev–Trinajstić information content (AvgIpc) is 2.61. The van der Waals surface area contributed by atoms with Crippen molar-refractivity contribution in [2.24, 2.45) is 7.05 Å². The van der Waals surface area contributed by atoms with Gasteiger partial charge in [-0.15, -0.1) is 0 Å². The van der Waals surface area contributed by atoms with Gasteiger partial charge in [-0.2, -0.15) is 5.10 Å². The number of nitrogens with zero attached hydrogens (tertiary/aromatic N) is 2. The first kappa shape index (κ1) is 14.9. The lowest BCUT2D eigenvalue weighted by Crippen LogP contribution is -2.02. The number of hydrogen-bond donors (Lipinski definition) is 1. The molecule has 5 heteroatoms. The largest absolute Gasteiger partial charge is 0.488 e. The van der Waals surface area contributed by atoms with E-state index in [1.165, 1.54) is 0 Å². The molecule has 0 radical (unpaired) electrons. The van der Waals surface area contributed by atoms with E-state index in [1.54, 1.807) is 18.7 Å². The molecule has 0 spiro atoms. The molecule has 0 aliphatic carbocycles. The van der Waals surface area contributed by atoms with E-state index in [-0.39, 0.29) is 0 Å². The summed E-state index contributed by atoms with van der Waals surface area (Å²) in [6.07, 6.45) is -0.573. The first-order valence-electron chi connectivity index (χ1n) is 6.49. The third-order valence-electron chi connectivity index (χ3n) is 3.26. The van der Waals surface area contributed by atoms with Crippen molar-refractivity contribution in [1.82, 2.24) is 9.78 Å². The topological polar surface area (TPSA) is 47.3 Å². The summed E-state index contributed by atoms with van der Waals surface area (Å²) in [6, 6.07) is 5.76. The Morgan fingerprint density at radius 2 is 2.10 bits per heavy atom. The lowest BCUT2D eigenvalue weighted by atomic mass is 10.1. The molecule has 2 rings (SSSR count). The lowest BCUT2D eigenvalue weighted by molar-refractivity contribution is 0.190. The van der Waals surface area contributed by atoms with Crippen LogP contribution in [0.15, 0.2) is 18.2 Å². The van der Waals surface area contributed by atoms with Gasteiger partial charge < -0.3 is 9.84 Å². The van der Waals surface area contributed by atoms with Crippen LogP contribution < -0.4 is 4.74 Å². The minimum Gasteiger partial charge on any atom is -0.488 e. The third kappa shape index (κ3) is 2.97. The van der Waals surface area contributed by atoms with Gasteiger partial charge in [0.1, 0.15) is 17.5 Å². The molecule has 0 aliphatic heterocycles. The predicted molar refractivity (Wildman–Crippen MR) is 79.1 cm³/mol. The summed E-state index contributed by atoms with van der Waals surface area (Å²) in [5, 5.41) is 14.6. The van der Waals surface area contributed by atoms with Gasteiger partial charge in [0, 0.05) is 18.2 Å². The first-order chi connectivity index (χ1) is 9.40. The maximum atomic E-state index is 9.78. The van der Waals surface area contributed by atoms with Gasteiger partial charge in [0.25, 0.3) is 0 Å². The van der Waals surface area contributed by atoms with Gasteiger partial charge in [0.05, 0.1) is 11.8 Å². The summed E-state index contributed by atoms with van der Waals surface area (Å²) in [7, 11) is 1.80. The fraction of sp³-hybridized carbons (Fsp3) is 0.400. The van der Waals surface area contributed by atoms with Crippen molar-refractivity contribution in [3.63, 3.8) is 0 Å². The van der Waals surface area contributed by atoms with E-state index < -0.39 is 6.10 Å². The lowest BCUT2D eigenvalue weighted by Gasteiger charge is -2.14. The molecule has 0 saturated carbocycles. The number of aryl methyl sites for hydroxylation is 3. The summed E-state index contributed by atoms with van der Waals surface area (Å²) in [5.74, 6) is 0.680. The molecule has 1 heterocycles. The van der Waals surface area contributed by atoms with Crippen molar-refractivity contribution in [2.45, 2.75) is 33.5 Å². The number of hydrogen-bond acceptors (Lipinski definition) is 3. The zero-order valence-electron chi connectivity index (χ0n) is 12.1. The van der Waals surface area contributed by atoms with E-state index in [2.05, 4.69) is 5.10 Å². The number of aliphatic hydroxyl groups is 1. The van der Waals surface area contributed by atoms with E-state index in [4.69, 9.17) is 16.3 Å². The smallest absolute Gasteiger partial charge is 0.133 e. The fourth-order valence-corrected chi connectivity index (χ4v) is 2.33. The normalized spacial score (nSPS) is 12.5. The van der Waals surface area contributed by atoms with Crippen molar-refractivity contribution in [3.8, 4) is 5.75 Å². The van der Waals surface area contributed by atoms with Gasteiger partial charge in [0.15, 0.2) is 0 Å². The van der Waals surface area contributed by atoms with Crippen molar-refractivity contribution in [3.05, 3.63) is 45.7 Å². The molecule has 1 aromatic carbocycles. The van der Waals surface area contributed by atoms with Gasteiger partial charge in [-0.05, 0) is 32.4 Å². The highest BCUT2D eigenvalue weighted by atomic mass is 35.5. The van der Waals surface area contributed by atoms with Crippen LogP contribution in [0.4, 0.5) is 0 Å². The van der Waals surface area contributed by atoms with Crippen molar-refractivity contribution < 1.29 is 9.84 Å². The maximum Gasteiger partial charge on any atom is 0.133 e. The highest BCUT2D eigenvalue weighted by Gasteiger charge is 2.14. The Morgan fingerprint density at radius 1 is 1.40 bits per heavy atom. The van der Waals surface area contributed by atoms with Crippen LogP contribution in [0.25, 0.3) is 0 Å². The SMILES string of the molecule is Cc1ccc([C@H](C)O)c(OCc2c(C)nn(C)c2Cl)c1. The second-order valence-corrected chi connectivity index (χ2v) is 5.34. The van der Waals surface area contributed by atoms with Crippen LogP contribution in [0.1, 0.15) is 35.4 Å². The van der Waals surface area contributed by atoms with Crippen LogP contribution in [0.3, 0.4) is 0 Å². The first-order valence-corrected chi connectivity index (χ1v) is 6.87. The molecule has 4 nitrogen and oxygen atoms in total. The van der Waals surface area contributed by atoms with Gasteiger partial charge >= 0.3 is 0 Å². The van der Waals surface area contributed by atoms with Crippen LogP contribution >= 0.6 is 11.6 Å². The molecule has 1 atom stereocenters. The highest BCUT2D eigenvalue weighted by Crippen LogP contribution is 2.28. The number of rotatable bonds is 4. The van der Waals surface area contributed by atoms with Gasteiger partial charge in [0.2, 0.25) is 0 Å². The number of benzene rings is 1. The molecule has 1 aromatic heterocycles. The van der Waals surface area contributed by atoms with E-state index >= 15 is 0 Å². The average molecular weight is 295 g/mol. The second kappa shape index (κ2) is 5.85. The van der Waals surface area contributed by atoms with E-state index in [1.807, 2.05) is 32.0 Å². The zero-order chi connectivity index (χ0) is 14.9. The Kier molecular flexibility index (Phi) is 4.35. The standard InChI is InChI=1S/C15H19ClN2O2/c1-9-5-6-12(11(3)19)14(7-9)20-8-13-10(2)17-18(4)15(13)16/h5-7,11,19H,8H2,1-4H3/t11-/m0/s1. The minimum absolute atomic E-state index is 0.335. The summed E-state index contributed by atoms with van der Waals surface area (Å²) in [5.41, 5.74) is 3.57. The molecule has 20 heavy (non-hydrogen) atoms. The Hall–Kier alpha value is -1.52. The number of aromatic nitrogens is 2. The quantitative estimate of drug-likeness (QED) is 0.941. The van der Waals surface area contributed by atoms with Crippen LogP contribution in [-0.2, 0) is 13.7 Å². The molecular formula is C15H19ClN2O2. The van der Waals surface area contributed by atoms with Gasteiger partial charge in [-0.3, -0.25) is 4.68 Å². The summed E-state index contributed by atoms with van der Waals surface area (Å²) >= 11 is 6.18. The molecule has 0 unspecified atom stereocenters. The Balaban J connectivity index is 2.24. The van der Waals surface area contributed by atoms with Gasteiger partial charge in [-0.1, -0.05) is 23.7 Å². The Labute approximate surface area is 123 Å². The highest BCUT2D eigenvalue weighted by molar-refractivity contribution is 6.30. The van der Waals surface area contributed by atoms with E-state index in [0.29, 0.717) is 17.5 Å². The maximum absolute atomic E-state index is 9.78. The predicted octanol–water partition coefficient (Wildman–Crippen LogP) is 3.32. The Bertz CT molecular complexity index is 621. The molecule has 1 N–H and O–H groups in total. The van der Waals surface area contributed by atoms with E-state index in [9.17, 15) is 5.11 Å².